The van der Waals surface area contributed by atoms with Crippen molar-refractivity contribution in [1.82, 2.24) is 0 Å². The van der Waals surface area contributed by atoms with Gasteiger partial charge in [-0.1, -0.05) is 64.5 Å². The number of hydrogen-bond donors (Lipinski definition) is 0. The van der Waals surface area contributed by atoms with Crippen molar-refractivity contribution in [2.45, 2.75) is 65.2 Å². The third-order valence-corrected chi connectivity index (χ3v) is 2.48. The Balaban J connectivity index is 2.92. The van der Waals surface area contributed by atoms with E-state index in [1.807, 2.05) is 0 Å². The van der Waals surface area contributed by atoms with Crippen LogP contribution in [0.5, 0.6) is 0 Å². The van der Waals surface area contributed by atoms with Crippen LogP contribution in [-0.2, 0) is 4.74 Å². The number of hydrogen-bond acceptors (Lipinski definition) is 1. The van der Waals surface area contributed by atoms with Gasteiger partial charge in [0, 0.05) is 6.61 Å². The zero-order valence-corrected chi connectivity index (χ0v) is 10.6. The standard InChI is InChI=1S/C14H28O/c1-3-5-7-9-10-12-14-15-13-11-8-6-4-2/h8,11H,3-7,9-10,12-14H2,1-2H3/b11-8+. The first-order chi connectivity index (χ1) is 7.41. The Morgan fingerprint density at radius 3 is 2.27 bits per heavy atom. The molecule has 0 aromatic heterocycles. The monoisotopic (exact) mass is 212 g/mol. The van der Waals surface area contributed by atoms with Gasteiger partial charge in [0.25, 0.3) is 0 Å². The van der Waals surface area contributed by atoms with Gasteiger partial charge >= 0.3 is 0 Å². The van der Waals surface area contributed by atoms with Crippen LogP contribution in [0.1, 0.15) is 65.2 Å². The highest BCUT2D eigenvalue weighted by Crippen LogP contribution is 2.04. The molecule has 0 heterocycles. The van der Waals surface area contributed by atoms with Crippen molar-refractivity contribution in [2.24, 2.45) is 0 Å². The van der Waals surface area contributed by atoms with Crippen LogP contribution < -0.4 is 0 Å². The molecule has 0 aromatic carbocycles. The zero-order chi connectivity index (χ0) is 11.2. The molecule has 0 unspecified atom stereocenters. The summed E-state index contributed by atoms with van der Waals surface area (Å²) in [5.41, 5.74) is 0. The van der Waals surface area contributed by atoms with Crippen LogP contribution in [0.15, 0.2) is 12.2 Å². The fourth-order valence-corrected chi connectivity index (χ4v) is 1.49. The van der Waals surface area contributed by atoms with Crippen LogP contribution in [0.2, 0.25) is 0 Å². The molecule has 0 saturated heterocycles. The minimum atomic E-state index is 0.801. The smallest absolute Gasteiger partial charge is 0.0647 e. The molecule has 0 atom stereocenters. The maximum absolute atomic E-state index is 5.50. The normalized spacial score (nSPS) is 11.3. The van der Waals surface area contributed by atoms with Gasteiger partial charge in [-0.25, -0.2) is 0 Å². The minimum Gasteiger partial charge on any atom is -0.377 e. The maximum atomic E-state index is 5.50. The summed E-state index contributed by atoms with van der Waals surface area (Å²) in [6, 6.07) is 0. The Kier molecular flexibility index (Phi) is 13.4. The molecule has 0 radical (unpaired) electrons. The largest absolute Gasteiger partial charge is 0.377 e. The van der Waals surface area contributed by atoms with E-state index in [1.54, 1.807) is 0 Å². The third-order valence-electron chi connectivity index (χ3n) is 2.48. The van der Waals surface area contributed by atoms with E-state index in [4.69, 9.17) is 4.74 Å². The first-order valence-electron chi connectivity index (χ1n) is 6.64. The predicted molar refractivity (Wildman–Crippen MR) is 68.2 cm³/mol. The lowest BCUT2D eigenvalue weighted by Gasteiger charge is -2.01. The Morgan fingerprint density at radius 2 is 1.53 bits per heavy atom. The number of rotatable bonds is 11. The molecule has 0 rings (SSSR count). The molecule has 90 valence electrons. The molecular formula is C14H28O. The second-order valence-corrected chi connectivity index (χ2v) is 4.10. The summed E-state index contributed by atoms with van der Waals surface area (Å²) in [5, 5.41) is 0. The van der Waals surface area contributed by atoms with Crippen LogP contribution >= 0.6 is 0 Å². The summed E-state index contributed by atoms with van der Waals surface area (Å²) < 4.78 is 5.50. The highest BCUT2D eigenvalue weighted by molar-refractivity contribution is 4.80. The van der Waals surface area contributed by atoms with Crippen molar-refractivity contribution in [1.29, 1.82) is 0 Å². The van der Waals surface area contributed by atoms with E-state index in [0.29, 0.717) is 0 Å². The van der Waals surface area contributed by atoms with Crippen molar-refractivity contribution in [3.05, 3.63) is 12.2 Å². The van der Waals surface area contributed by atoms with Crippen molar-refractivity contribution in [3.63, 3.8) is 0 Å². The molecule has 0 aliphatic carbocycles. The molecule has 0 N–H and O–H groups in total. The van der Waals surface area contributed by atoms with Crippen molar-refractivity contribution in [2.75, 3.05) is 13.2 Å². The summed E-state index contributed by atoms with van der Waals surface area (Å²) in [4.78, 5) is 0. The lowest BCUT2D eigenvalue weighted by molar-refractivity contribution is 0.157. The Morgan fingerprint density at radius 1 is 0.800 bits per heavy atom. The van der Waals surface area contributed by atoms with E-state index >= 15 is 0 Å². The molecule has 0 spiro atoms. The van der Waals surface area contributed by atoms with Gasteiger partial charge in [0.05, 0.1) is 6.61 Å². The van der Waals surface area contributed by atoms with Crippen LogP contribution in [0.25, 0.3) is 0 Å². The molecule has 1 nitrogen and oxygen atoms in total. The van der Waals surface area contributed by atoms with E-state index < -0.39 is 0 Å². The van der Waals surface area contributed by atoms with Crippen LogP contribution in [0.3, 0.4) is 0 Å². The van der Waals surface area contributed by atoms with Crippen LogP contribution in [0.4, 0.5) is 0 Å². The Bertz CT molecular complexity index is 129. The van der Waals surface area contributed by atoms with E-state index in [9.17, 15) is 0 Å². The maximum Gasteiger partial charge on any atom is 0.0647 e. The first-order valence-corrected chi connectivity index (χ1v) is 6.64. The molecule has 1 heteroatoms. The highest BCUT2D eigenvalue weighted by atomic mass is 16.5. The van der Waals surface area contributed by atoms with Crippen molar-refractivity contribution in [3.8, 4) is 0 Å². The molecule has 15 heavy (non-hydrogen) atoms. The SMILES string of the molecule is CCC/C=C/COCCCCCCCC. The van der Waals surface area contributed by atoms with Gasteiger partial charge in [-0.3, -0.25) is 0 Å². The third kappa shape index (κ3) is 13.7. The fraction of sp³-hybridized carbons (Fsp3) is 0.857. The molecule has 0 bridgehead atoms. The lowest BCUT2D eigenvalue weighted by Crippen LogP contribution is -1.94. The molecular weight excluding hydrogens is 184 g/mol. The van der Waals surface area contributed by atoms with E-state index in [1.165, 1.54) is 51.4 Å². The molecule has 0 aromatic rings. The second kappa shape index (κ2) is 13.7. The zero-order valence-electron chi connectivity index (χ0n) is 10.6. The molecule has 0 amide bonds. The van der Waals surface area contributed by atoms with Crippen molar-refractivity contribution >= 4 is 0 Å². The summed E-state index contributed by atoms with van der Waals surface area (Å²) in [6.45, 7) is 6.19. The van der Waals surface area contributed by atoms with E-state index in [2.05, 4.69) is 26.0 Å². The van der Waals surface area contributed by atoms with E-state index in [-0.39, 0.29) is 0 Å². The number of allylic oxidation sites excluding steroid dienone is 1. The fourth-order valence-electron chi connectivity index (χ4n) is 1.49. The van der Waals surface area contributed by atoms with Gasteiger partial charge in [0.15, 0.2) is 0 Å². The van der Waals surface area contributed by atoms with Gasteiger partial charge in [-0.05, 0) is 12.8 Å². The predicted octanol–water partition coefficient (Wildman–Crippen LogP) is 4.72. The van der Waals surface area contributed by atoms with Gasteiger partial charge in [-0.15, -0.1) is 0 Å². The molecule has 0 aliphatic rings. The minimum absolute atomic E-state index is 0.801. The lowest BCUT2D eigenvalue weighted by atomic mass is 10.1. The van der Waals surface area contributed by atoms with Gasteiger partial charge < -0.3 is 4.74 Å². The number of unbranched alkanes of at least 4 members (excludes halogenated alkanes) is 6. The summed E-state index contributed by atoms with van der Waals surface area (Å²) in [7, 11) is 0. The quantitative estimate of drug-likeness (QED) is 0.356. The topological polar surface area (TPSA) is 9.23 Å². The second-order valence-electron chi connectivity index (χ2n) is 4.10. The van der Waals surface area contributed by atoms with Gasteiger partial charge in [0.1, 0.15) is 0 Å². The average molecular weight is 212 g/mol. The Hall–Kier alpha value is -0.300. The first kappa shape index (κ1) is 14.7. The molecule has 0 saturated carbocycles. The van der Waals surface area contributed by atoms with E-state index in [0.717, 1.165) is 13.2 Å². The highest BCUT2D eigenvalue weighted by Gasteiger charge is 1.89. The van der Waals surface area contributed by atoms with Gasteiger partial charge in [0.2, 0.25) is 0 Å². The molecule has 0 aliphatic heterocycles. The number of ether oxygens (including phenoxy) is 1. The summed E-state index contributed by atoms with van der Waals surface area (Å²) in [5.74, 6) is 0. The van der Waals surface area contributed by atoms with Gasteiger partial charge in [-0.2, -0.15) is 0 Å². The summed E-state index contributed by atoms with van der Waals surface area (Å²) in [6.07, 6.45) is 14.8. The van der Waals surface area contributed by atoms with Crippen LogP contribution in [0, 0.1) is 0 Å². The Labute approximate surface area is 95.9 Å². The van der Waals surface area contributed by atoms with Crippen molar-refractivity contribution < 1.29 is 4.74 Å². The van der Waals surface area contributed by atoms with Crippen LogP contribution in [-0.4, -0.2) is 13.2 Å². The summed E-state index contributed by atoms with van der Waals surface area (Å²) >= 11 is 0. The molecule has 0 fully saturated rings. The average Bonchev–Trinajstić information content (AvgIpc) is 2.26.